The van der Waals surface area contributed by atoms with Crippen LogP contribution >= 0.6 is 0 Å². The summed E-state index contributed by atoms with van der Waals surface area (Å²) in [5.41, 5.74) is 4.06. The molecule has 0 aliphatic heterocycles. The molecular formula is C22H29NO3. The van der Waals surface area contributed by atoms with Crippen LogP contribution in [0.25, 0.3) is 5.69 Å². The first-order valence-electron chi connectivity index (χ1n) is 9.50. The maximum absolute atomic E-state index is 12.1. The van der Waals surface area contributed by atoms with Gasteiger partial charge in [0.25, 0.3) is 0 Å². The second kappa shape index (κ2) is 9.95. The number of carbonyl (C=O) groups is 2. The summed E-state index contributed by atoms with van der Waals surface area (Å²) in [6.07, 6.45) is 7.88. The highest BCUT2D eigenvalue weighted by Crippen LogP contribution is 2.20. The van der Waals surface area contributed by atoms with E-state index in [2.05, 4.69) is 6.92 Å². The summed E-state index contributed by atoms with van der Waals surface area (Å²) in [4.78, 5) is 23.2. The highest BCUT2D eigenvalue weighted by atomic mass is 16.5. The third-order valence-corrected chi connectivity index (χ3v) is 4.69. The molecule has 0 atom stereocenters. The van der Waals surface area contributed by atoms with E-state index in [0.717, 1.165) is 36.2 Å². The number of rotatable bonds is 10. The van der Waals surface area contributed by atoms with E-state index in [1.54, 1.807) is 12.1 Å². The molecule has 1 aromatic carbocycles. The highest BCUT2D eigenvalue weighted by Gasteiger charge is 2.11. The van der Waals surface area contributed by atoms with Gasteiger partial charge < -0.3 is 9.30 Å². The molecule has 0 bridgehead atoms. The number of hydrogen-bond acceptors (Lipinski definition) is 3. The van der Waals surface area contributed by atoms with Crippen molar-refractivity contribution in [3.05, 3.63) is 52.8 Å². The van der Waals surface area contributed by atoms with Crippen molar-refractivity contribution in [3.8, 4) is 5.69 Å². The fraction of sp³-hybridized carbons (Fsp3) is 0.455. The number of aromatic nitrogens is 1. The van der Waals surface area contributed by atoms with Crippen LogP contribution in [-0.2, 0) is 4.74 Å². The van der Waals surface area contributed by atoms with E-state index in [0.29, 0.717) is 17.7 Å². The monoisotopic (exact) mass is 355 g/mol. The van der Waals surface area contributed by atoms with Crippen molar-refractivity contribution >= 4 is 12.3 Å². The Kier molecular flexibility index (Phi) is 7.64. The zero-order chi connectivity index (χ0) is 18.9. The molecule has 0 aliphatic carbocycles. The van der Waals surface area contributed by atoms with Gasteiger partial charge >= 0.3 is 5.97 Å². The van der Waals surface area contributed by atoms with Gasteiger partial charge in [-0.2, -0.15) is 0 Å². The molecule has 26 heavy (non-hydrogen) atoms. The SMILES string of the molecule is CCCCCCCCOC(=O)c1ccc(-n2c(C)cc(C=O)c2C)cc1. The largest absolute Gasteiger partial charge is 0.462 e. The number of aryl methyl sites for hydroxylation is 1. The van der Waals surface area contributed by atoms with Gasteiger partial charge in [-0.25, -0.2) is 4.79 Å². The Balaban J connectivity index is 1.90. The molecule has 0 unspecified atom stereocenters. The Labute approximate surface area is 156 Å². The molecule has 0 saturated carbocycles. The molecule has 0 radical (unpaired) electrons. The van der Waals surface area contributed by atoms with E-state index >= 15 is 0 Å². The lowest BCUT2D eigenvalue weighted by atomic mass is 10.1. The summed E-state index contributed by atoms with van der Waals surface area (Å²) in [6, 6.07) is 9.19. The summed E-state index contributed by atoms with van der Waals surface area (Å²) in [6.45, 7) is 6.56. The maximum Gasteiger partial charge on any atom is 0.338 e. The van der Waals surface area contributed by atoms with E-state index in [-0.39, 0.29) is 5.97 Å². The van der Waals surface area contributed by atoms with Gasteiger partial charge in [0.1, 0.15) is 0 Å². The first-order chi connectivity index (χ1) is 12.6. The third-order valence-electron chi connectivity index (χ3n) is 4.69. The summed E-state index contributed by atoms with van der Waals surface area (Å²) in [7, 11) is 0. The molecule has 2 rings (SSSR count). The predicted molar refractivity (Wildman–Crippen MR) is 104 cm³/mol. The van der Waals surface area contributed by atoms with Crippen molar-refractivity contribution in [1.82, 2.24) is 4.57 Å². The second-order valence-electron chi connectivity index (χ2n) is 6.73. The molecule has 4 nitrogen and oxygen atoms in total. The number of unbranched alkanes of at least 4 members (excludes halogenated alkanes) is 5. The molecule has 0 fully saturated rings. The first kappa shape index (κ1) is 20.0. The Hall–Kier alpha value is -2.36. The lowest BCUT2D eigenvalue weighted by Crippen LogP contribution is -2.07. The average molecular weight is 355 g/mol. The Morgan fingerprint density at radius 3 is 2.31 bits per heavy atom. The molecule has 0 spiro atoms. The van der Waals surface area contributed by atoms with Crippen LogP contribution in [0.1, 0.15) is 77.6 Å². The van der Waals surface area contributed by atoms with E-state index < -0.39 is 0 Å². The second-order valence-corrected chi connectivity index (χ2v) is 6.73. The van der Waals surface area contributed by atoms with Gasteiger partial charge in [-0.3, -0.25) is 4.79 Å². The van der Waals surface area contributed by atoms with Crippen LogP contribution in [0, 0.1) is 13.8 Å². The van der Waals surface area contributed by atoms with E-state index in [1.807, 2.05) is 36.6 Å². The molecular weight excluding hydrogens is 326 g/mol. The van der Waals surface area contributed by atoms with Gasteiger partial charge in [-0.15, -0.1) is 0 Å². The van der Waals surface area contributed by atoms with Crippen LogP contribution in [0.2, 0.25) is 0 Å². The van der Waals surface area contributed by atoms with Gasteiger partial charge in [0.2, 0.25) is 0 Å². The van der Waals surface area contributed by atoms with Crippen molar-refractivity contribution < 1.29 is 14.3 Å². The van der Waals surface area contributed by atoms with Gasteiger partial charge in [0.05, 0.1) is 12.2 Å². The Morgan fingerprint density at radius 1 is 1.04 bits per heavy atom. The topological polar surface area (TPSA) is 48.3 Å². The molecule has 2 aromatic rings. The first-order valence-corrected chi connectivity index (χ1v) is 9.50. The smallest absolute Gasteiger partial charge is 0.338 e. The molecule has 140 valence electrons. The Bertz CT molecular complexity index is 729. The summed E-state index contributed by atoms with van der Waals surface area (Å²) >= 11 is 0. The fourth-order valence-corrected chi connectivity index (χ4v) is 3.18. The zero-order valence-electron chi connectivity index (χ0n) is 16.1. The minimum absolute atomic E-state index is 0.278. The van der Waals surface area contributed by atoms with E-state index in [4.69, 9.17) is 4.74 Å². The molecule has 1 aromatic heterocycles. The van der Waals surface area contributed by atoms with Gasteiger partial charge in [0, 0.05) is 22.6 Å². The molecule has 0 amide bonds. The number of hydrogen-bond donors (Lipinski definition) is 0. The number of nitrogens with zero attached hydrogens (tertiary/aromatic N) is 1. The van der Waals surface area contributed by atoms with Crippen LogP contribution in [0.5, 0.6) is 0 Å². The number of carbonyl (C=O) groups excluding carboxylic acids is 2. The average Bonchev–Trinajstić information content (AvgIpc) is 2.94. The molecule has 0 saturated heterocycles. The van der Waals surface area contributed by atoms with E-state index in [1.165, 1.54) is 25.7 Å². The minimum Gasteiger partial charge on any atom is -0.462 e. The van der Waals surface area contributed by atoms with E-state index in [9.17, 15) is 9.59 Å². The lowest BCUT2D eigenvalue weighted by molar-refractivity contribution is 0.0497. The van der Waals surface area contributed by atoms with Gasteiger partial charge in [0.15, 0.2) is 6.29 Å². The van der Waals surface area contributed by atoms with Crippen LogP contribution in [0.3, 0.4) is 0 Å². The van der Waals surface area contributed by atoms with Crippen molar-refractivity contribution in [2.45, 2.75) is 59.3 Å². The van der Waals surface area contributed by atoms with Crippen molar-refractivity contribution in [3.63, 3.8) is 0 Å². The summed E-state index contributed by atoms with van der Waals surface area (Å²) < 4.78 is 7.37. The maximum atomic E-state index is 12.1. The van der Waals surface area contributed by atoms with Crippen molar-refractivity contribution in [1.29, 1.82) is 0 Å². The Morgan fingerprint density at radius 2 is 1.69 bits per heavy atom. The van der Waals surface area contributed by atoms with Crippen LogP contribution in [0.4, 0.5) is 0 Å². The lowest BCUT2D eigenvalue weighted by Gasteiger charge is -2.10. The van der Waals surface area contributed by atoms with Gasteiger partial charge in [-0.05, 0) is 50.6 Å². The predicted octanol–water partition coefficient (Wildman–Crippen LogP) is 5.42. The van der Waals surface area contributed by atoms with Crippen molar-refractivity contribution in [2.24, 2.45) is 0 Å². The quantitative estimate of drug-likeness (QED) is 0.325. The number of ether oxygens (including phenoxy) is 1. The summed E-state index contributed by atoms with van der Waals surface area (Å²) in [5.74, 6) is -0.278. The third kappa shape index (κ3) is 5.07. The fourth-order valence-electron chi connectivity index (χ4n) is 3.18. The number of aldehydes is 1. The number of esters is 1. The number of benzene rings is 1. The normalized spacial score (nSPS) is 10.7. The van der Waals surface area contributed by atoms with Crippen LogP contribution < -0.4 is 0 Å². The minimum atomic E-state index is -0.278. The molecule has 1 heterocycles. The highest BCUT2D eigenvalue weighted by molar-refractivity contribution is 5.89. The van der Waals surface area contributed by atoms with Crippen LogP contribution in [0.15, 0.2) is 30.3 Å². The standard InChI is InChI=1S/C22H29NO3/c1-4-5-6-7-8-9-14-26-22(25)19-10-12-21(13-11-19)23-17(2)15-20(16-24)18(23)3/h10-13,15-16H,4-9,14H2,1-3H3. The van der Waals surface area contributed by atoms with Crippen LogP contribution in [-0.4, -0.2) is 23.4 Å². The molecule has 0 N–H and O–H groups in total. The van der Waals surface area contributed by atoms with Crippen molar-refractivity contribution in [2.75, 3.05) is 6.61 Å². The molecule has 4 heteroatoms. The zero-order valence-corrected chi connectivity index (χ0v) is 16.1. The molecule has 0 aliphatic rings. The summed E-state index contributed by atoms with van der Waals surface area (Å²) in [5, 5.41) is 0. The van der Waals surface area contributed by atoms with Gasteiger partial charge in [-0.1, -0.05) is 39.0 Å².